The first-order valence-electron chi connectivity index (χ1n) is 9.32. The number of hydrogen-bond acceptors (Lipinski definition) is 4. The highest BCUT2D eigenvalue weighted by atomic mass is 32.2. The first-order valence-corrected chi connectivity index (χ1v) is 11.2. The quantitative estimate of drug-likeness (QED) is 0.315. The summed E-state index contributed by atoms with van der Waals surface area (Å²) in [5.74, 6) is 1.40. The molecule has 0 unspecified atom stereocenters. The molecule has 2 aromatic rings. The standard InChI is InChI=1S/C21H28N4O3S/c1-4-14-28-20-13-9-7-11-18(20)16-24-21(22-5-2)23-15-17-10-6-8-12-19(17)25-29(3,26)27/h4,6-13,25H,1,5,14-16H2,2-3H3,(H2,22,23,24). The smallest absolute Gasteiger partial charge is 0.229 e. The maximum absolute atomic E-state index is 11.6. The van der Waals surface area contributed by atoms with Gasteiger partial charge in [0.2, 0.25) is 10.0 Å². The van der Waals surface area contributed by atoms with E-state index in [4.69, 9.17) is 4.74 Å². The Balaban J connectivity index is 2.11. The van der Waals surface area contributed by atoms with E-state index in [1.807, 2.05) is 43.3 Å². The Bertz CT molecular complexity index is 942. The number of rotatable bonds is 10. The van der Waals surface area contributed by atoms with Crippen molar-refractivity contribution in [2.45, 2.75) is 20.0 Å². The number of guanidine groups is 1. The van der Waals surface area contributed by atoms with Crippen molar-refractivity contribution in [1.29, 1.82) is 0 Å². The van der Waals surface area contributed by atoms with E-state index in [0.717, 1.165) is 23.1 Å². The van der Waals surface area contributed by atoms with Crippen LogP contribution in [0.3, 0.4) is 0 Å². The summed E-state index contributed by atoms with van der Waals surface area (Å²) < 4.78 is 31.4. The SMILES string of the molecule is C=CCOc1ccccc1CN=C(NCC)NCc1ccccc1NS(C)(=O)=O. The van der Waals surface area contributed by atoms with E-state index in [1.165, 1.54) is 0 Å². The molecule has 2 rings (SSSR count). The van der Waals surface area contributed by atoms with E-state index in [0.29, 0.717) is 37.9 Å². The van der Waals surface area contributed by atoms with Crippen LogP contribution in [-0.2, 0) is 23.1 Å². The molecular formula is C21H28N4O3S. The van der Waals surface area contributed by atoms with E-state index < -0.39 is 10.0 Å². The summed E-state index contributed by atoms with van der Waals surface area (Å²) in [6.07, 6.45) is 2.84. The minimum atomic E-state index is -3.35. The monoisotopic (exact) mass is 416 g/mol. The second kappa shape index (κ2) is 11.1. The number of ether oxygens (including phenoxy) is 1. The van der Waals surface area contributed by atoms with Gasteiger partial charge in [-0.05, 0) is 24.6 Å². The molecule has 0 aromatic heterocycles. The summed E-state index contributed by atoms with van der Waals surface area (Å²) in [4.78, 5) is 4.62. The van der Waals surface area contributed by atoms with Crippen molar-refractivity contribution in [3.8, 4) is 5.75 Å². The Labute approximate surface area is 173 Å². The van der Waals surface area contributed by atoms with Crippen molar-refractivity contribution in [3.63, 3.8) is 0 Å². The predicted molar refractivity (Wildman–Crippen MR) is 119 cm³/mol. The molecule has 0 aliphatic heterocycles. The average molecular weight is 417 g/mol. The van der Waals surface area contributed by atoms with Gasteiger partial charge in [0, 0.05) is 18.7 Å². The maximum Gasteiger partial charge on any atom is 0.229 e. The van der Waals surface area contributed by atoms with E-state index in [2.05, 4.69) is 26.9 Å². The predicted octanol–water partition coefficient (Wildman–Crippen LogP) is 2.88. The molecular weight excluding hydrogens is 388 g/mol. The maximum atomic E-state index is 11.6. The van der Waals surface area contributed by atoms with E-state index in [1.54, 1.807) is 18.2 Å². The van der Waals surface area contributed by atoms with Crippen LogP contribution in [-0.4, -0.2) is 33.8 Å². The lowest BCUT2D eigenvalue weighted by molar-refractivity contribution is 0.359. The average Bonchev–Trinajstić information content (AvgIpc) is 2.69. The summed E-state index contributed by atoms with van der Waals surface area (Å²) in [6.45, 7) is 7.64. The fourth-order valence-electron chi connectivity index (χ4n) is 2.58. The zero-order valence-electron chi connectivity index (χ0n) is 16.8. The second-order valence-electron chi connectivity index (χ2n) is 6.29. The van der Waals surface area contributed by atoms with Crippen molar-refractivity contribution < 1.29 is 13.2 Å². The molecule has 29 heavy (non-hydrogen) atoms. The summed E-state index contributed by atoms with van der Waals surface area (Å²) in [6, 6.07) is 15.0. The molecule has 0 spiro atoms. The molecule has 7 nitrogen and oxygen atoms in total. The van der Waals surface area contributed by atoms with Gasteiger partial charge in [-0.2, -0.15) is 0 Å². The second-order valence-corrected chi connectivity index (χ2v) is 8.04. The minimum Gasteiger partial charge on any atom is -0.489 e. The molecule has 0 atom stereocenters. The number of sulfonamides is 1. The highest BCUT2D eigenvalue weighted by molar-refractivity contribution is 7.92. The number of nitrogens with zero attached hydrogens (tertiary/aromatic N) is 1. The van der Waals surface area contributed by atoms with Crippen LogP contribution in [0.25, 0.3) is 0 Å². The Hall–Kier alpha value is -3.00. The summed E-state index contributed by atoms with van der Waals surface area (Å²) in [5, 5.41) is 6.44. The number of anilines is 1. The Morgan fingerprint density at radius 3 is 2.48 bits per heavy atom. The fraction of sp³-hybridized carbons (Fsp3) is 0.286. The van der Waals surface area contributed by atoms with Gasteiger partial charge in [-0.3, -0.25) is 4.72 Å². The molecule has 0 bridgehead atoms. The van der Waals surface area contributed by atoms with Gasteiger partial charge in [-0.15, -0.1) is 0 Å². The number of hydrogen-bond donors (Lipinski definition) is 3. The first-order chi connectivity index (χ1) is 13.9. The molecule has 0 fully saturated rings. The minimum absolute atomic E-state index is 0.416. The van der Waals surface area contributed by atoms with Gasteiger partial charge in [-0.25, -0.2) is 13.4 Å². The lowest BCUT2D eigenvalue weighted by atomic mass is 10.2. The normalized spacial score (nSPS) is 11.6. The molecule has 0 aliphatic carbocycles. The molecule has 3 N–H and O–H groups in total. The largest absolute Gasteiger partial charge is 0.489 e. The summed E-state index contributed by atoms with van der Waals surface area (Å²) >= 11 is 0. The molecule has 0 radical (unpaired) electrons. The third-order valence-corrected chi connectivity index (χ3v) is 4.43. The lowest BCUT2D eigenvalue weighted by Gasteiger charge is -2.15. The van der Waals surface area contributed by atoms with Crippen molar-refractivity contribution in [2.75, 3.05) is 24.1 Å². The lowest BCUT2D eigenvalue weighted by Crippen LogP contribution is -2.37. The van der Waals surface area contributed by atoms with Crippen molar-refractivity contribution >= 4 is 21.7 Å². The van der Waals surface area contributed by atoms with Crippen LogP contribution in [0, 0.1) is 0 Å². The van der Waals surface area contributed by atoms with Gasteiger partial charge in [-0.1, -0.05) is 49.1 Å². The number of para-hydroxylation sites is 2. The molecule has 0 saturated heterocycles. The third-order valence-electron chi connectivity index (χ3n) is 3.84. The van der Waals surface area contributed by atoms with Crippen molar-refractivity contribution in [3.05, 3.63) is 72.3 Å². The molecule has 0 amide bonds. The van der Waals surface area contributed by atoms with Gasteiger partial charge in [0.15, 0.2) is 5.96 Å². The first kappa shape index (κ1) is 22.3. The van der Waals surface area contributed by atoms with Crippen LogP contribution in [0.2, 0.25) is 0 Å². The summed E-state index contributed by atoms with van der Waals surface area (Å²) in [5.41, 5.74) is 2.32. The van der Waals surface area contributed by atoms with Gasteiger partial charge in [0.1, 0.15) is 12.4 Å². The third kappa shape index (κ3) is 7.87. The van der Waals surface area contributed by atoms with Crippen LogP contribution in [0.1, 0.15) is 18.1 Å². The number of aliphatic imine (C=N–C) groups is 1. The number of benzene rings is 2. The molecule has 156 valence electrons. The Kier molecular flexibility index (Phi) is 8.54. The van der Waals surface area contributed by atoms with Gasteiger partial charge < -0.3 is 15.4 Å². The van der Waals surface area contributed by atoms with Crippen molar-refractivity contribution in [1.82, 2.24) is 10.6 Å². The molecule has 0 heterocycles. The highest BCUT2D eigenvalue weighted by Crippen LogP contribution is 2.19. The molecule has 0 saturated carbocycles. The number of nitrogens with one attached hydrogen (secondary N) is 3. The molecule has 8 heteroatoms. The zero-order valence-corrected chi connectivity index (χ0v) is 17.6. The molecule has 0 aliphatic rings. The highest BCUT2D eigenvalue weighted by Gasteiger charge is 2.08. The van der Waals surface area contributed by atoms with Crippen LogP contribution in [0.4, 0.5) is 5.69 Å². The van der Waals surface area contributed by atoms with Crippen LogP contribution >= 0.6 is 0 Å². The van der Waals surface area contributed by atoms with Crippen LogP contribution in [0.5, 0.6) is 5.75 Å². The van der Waals surface area contributed by atoms with E-state index in [-0.39, 0.29) is 0 Å². The van der Waals surface area contributed by atoms with E-state index >= 15 is 0 Å². The van der Waals surface area contributed by atoms with Gasteiger partial charge >= 0.3 is 0 Å². The van der Waals surface area contributed by atoms with Gasteiger partial charge in [0.05, 0.1) is 18.5 Å². The van der Waals surface area contributed by atoms with Crippen LogP contribution in [0.15, 0.2) is 66.2 Å². The zero-order chi connectivity index (χ0) is 21.1. The summed E-state index contributed by atoms with van der Waals surface area (Å²) in [7, 11) is -3.35. The van der Waals surface area contributed by atoms with Crippen LogP contribution < -0.4 is 20.1 Å². The topological polar surface area (TPSA) is 91.8 Å². The Morgan fingerprint density at radius 1 is 1.10 bits per heavy atom. The van der Waals surface area contributed by atoms with Gasteiger partial charge in [0.25, 0.3) is 0 Å². The van der Waals surface area contributed by atoms with Crippen molar-refractivity contribution in [2.24, 2.45) is 4.99 Å². The Morgan fingerprint density at radius 2 is 1.79 bits per heavy atom. The fourth-order valence-corrected chi connectivity index (χ4v) is 3.18. The molecule has 2 aromatic carbocycles. The van der Waals surface area contributed by atoms with E-state index in [9.17, 15) is 8.42 Å².